The lowest BCUT2D eigenvalue weighted by Crippen LogP contribution is -2.26. The van der Waals surface area contributed by atoms with Crippen LogP contribution in [0.2, 0.25) is 0 Å². The van der Waals surface area contributed by atoms with Crippen LogP contribution in [-0.4, -0.2) is 19.1 Å². The largest absolute Gasteiger partial charge is 0.489 e. The average molecular weight is 339 g/mol. The maximum Gasteiger partial charge on any atom is 0.255 e. The molecule has 0 unspecified atom stereocenters. The third-order valence-corrected chi connectivity index (χ3v) is 4.28. The normalized spacial score (nSPS) is 15.6. The maximum atomic E-state index is 12.5. The molecule has 0 saturated heterocycles. The van der Waals surface area contributed by atoms with Crippen molar-refractivity contribution in [1.29, 1.82) is 0 Å². The van der Waals surface area contributed by atoms with Crippen molar-refractivity contribution in [2.75, 3.05) is 18.5 Å². The molecule has 1 N–H and O–H groups in total. The summed E-state index contributed by atoms with van der Waals surface area (Å²) in [6, 6.07) is 13.2. The monoisotopic (exact) mass is 339 g/mol. The van der Waals surface area contributed by atoms with E-state index < -0.39 is 0 Å². The van der Waals surface area contributed by atoms with Gasteiger partial charge in [0.05, 0.1) is 13.2 Å². The first-order valence-electron chi connectivity index (χ1n) is 8.65. The Morgan fingerprint density at radius 2 is 1.64 bits per heavy atom. The molecule has 0 radical (unpaired) electrons. The van der Waals surface area contributed by atoms with E-state index in [1.54, 1.807) is 18.2 Å². The van der Waals surface area contributed by atoms with Crippen LogP contribution in [0.5, 0.6) is 11.5 Å². The van der Waals surface area contributed by atoms with Crippen molar-refractivity contribution in [1.82, 2.24) is 0 Å². The highest BCUT2D eigenvalue weighted by atomic mass is 16.5. The van der Waals surface area contributed by atoms with Gasteiger partial charge in [0.2, 0.25) is 0 Å². The van der Waals surface area contributed by atoms with E-state index >= 15 is 0 Å². The number of amides is 1. The van der Waals surface area contributed by atoms with Crippen LogP contribution in [0.4, 0.5) is 5.69 Å². The molecule has 1 aliphatic rings. The van der Waals surface area contributed by atoms with Crippen molar-refractivity contribution >= 4 is 11.6 Å². The van der Waals surface area contributed by atoms with Crippen LogP contribution in [0.15, 0.2) is 42.5 Å². The van der Waals surface area contributed by atoms with Crippen molar-refractivity contribution in [3.63, 3.8) is 0 Å². The molecular formula is C21H25NO3. The van der Waals surface area contributed by atoms with Crippen LogP contribution in [0.25, 0.3) is 0 Å². The van der Waals surface area contributed by atoms with Gasteiger partial charge >= 0.3 is 0 Å². The number of hydrogen-bond donors (Lipinski definition) is 1. The lowest BCUT2D eigenvalue weighted by Gasteiger charge is -2.19. The van der Waals surface area contributed by atoms with E-state index in [-0.39, 0.29) is 11.3 Å². The fraction of sp³-hybridized carbons (Fsp3) is 0.381. The molecule has 2 aromatic carbocycles. The smallest absolute Gasteiger partial charge is 0.255 e. The minimum Gasteiger partial charge on any atom is -0.489 e. The Hall–Kier alpha value is -2.49. The van der Waals surface area contributed by atoms with E-state index in [1.165, 1.54) is 5.56 Å². The SMILES string of the molecule is CC(C)c1ccc(NC(=O)c2ccc3c(c2)OCC(C)(C)CO3)cc1. The molecule has 0 atom stereocenters. The van der Waals surface area contributed by atoms with Gasteiger partial charge in [0, 0.05) is 16.7 Å². The highest BCUT2D eigenvalue weighted by Crippen LogP contribution is 2.34. The molecule has 4 heteroatoms. The minimum atomic E-state index is -0.160. The molecule has 1 amide bonds. The second-order valence-corrected chi connectivity index (χ2v) is 7.63. The molecule has 1 heterocycles. The second-order valence-electron chi connectivity index (χ2n) is 7.63. The molecule has 132 valence electrons. The van der Waals surface area contributed by atoms with Gasteiger partial charge in [-0.05, 0) is 41.8 Å². The molecule has 25 heavy (non-hydrogen) atoms. The van der Waals surface area contributed by atoms with Crippen molar-refractivity contribution < 1.29 is 14.3 Å². The van der Waals surface area contributed by atoms with E-state index in [0.717, 1.165) is 5.69 Å². The number of fused-ring (bicyclic) bond motifs is 1. The van der Waals surface area contributed by atoms with Gasteiger partial charge in [0.25, 0.3) is 5.91 Å². The van der Waals surface area contributed by atoms with E-state index in [2.05, 4.69) is 33.0 Å². The molecule has 3 rings (SSSR count). The lowest BCUT2D eigenvalue weighted by molar-refractivity contribution is 0.102. The van der Waals surface area contributed by atoms with Gasteiger partial charge in [-0.2, -0.15) is 0 Å². The topological polar surface area (TPSA) is 47.6 Å². The molecule has 0 spiro atoms. The number of carbonyl (C=O) groups excluding carboxylic acids is 1. The molecule has 0 bridgehead atoms. The summed E-state index contributed by atoms with van der Waals surface area (Å²) >= 11 is 0. The maximum absolute atomic E-state index is 12.5. The van der Waals surface area contributed by atoms with Crippen molar-refractivity contribution in [3.8, 4) is 11.5 Å². The Balaban J connectivity index is 1.74. The fourth-order valence-electron chi connectivity index (χ4n) is 2.62. The van der Waals surface area contributed by atoms with Crippen LogP contribution in [0.3, 0.4) is 0 Å². The van der Waals surface area contributed by atoms with E-state index in [9.17, 15) is 4.79 Å². The second kappa shape index (κ2) is 6.79. The molecule has 0 aromatic heterocycles. The molecule has 0 aliphatic carbocycles. The summed E-state index contributed by atoms with van der Waals surface area (Å²) in [4.78, 5) is 12.5. The first-order chi connectivity index (χ1) is 11.8. The number of rotatable bonds is 3. The van der Waals surface area contributed by atoms with Gasteiger partial charge < -0.3 is 14.8 Å². The summed E-state index contributed by atoms with van der Waals surface area (Å²) in [6.07, 6.45) is 0. The standard InChI is InChI=1S/C21H25NO3/c1-14(2)15-5-8-17(9-6-15)22-20(23)16-7-10-18-19(11-16)25-13-21(3,4)12-24-18/h5-11,14H,12-13H2,1-4H3,(H,22,23). The summed E-state index contributed by atoms with van der Waals surface area (Å²) in [5, 5.41) is 2.93. The summed E-state index contributed by atoms with van der Waals surface area (Å²) in [5.41, 5.74) is 2.52. The minimum absolute atomic E-state index is 0.0559. The predicted molar refractivity (Wildman–Crippen MR) is 99.7 cm³/mol. The zero-order chi connectivity index (χ0) is 18.0. The zero-order valence-corrected chi connectivity index (χ0v) is 15.3. The fourth-order valence-corrected chi connectivity index (χ4v) is 2.62. The first-order valence-corrected chi connectivity index (χ1v) is 8.65. The zero-order valence-electron chi connectivity index (χ0n) is 15.3. The van der Waals surface area contributed by atoms with Gasteiger partial charge in [-0.3, -0.25) is 4.79 Å². The molecule has 2 aromatic rings. The van der Waals surface area contributed by atoms with E-state index in [0.29, 0.717) is 36.2 Å². The molecule has 4 nitrogen and oxygen atoms in total. The quantitative estimate of drug-likeness (QED) is 0.869. The number of ether oxygens (including phenoxy) is 2. The third kappa shape index (κ3) is 4.13. The highest BCUT2D eigenvalue weighted by molar-refractivity contribution is 6.04. The number of benzene rings is 2. The Kier molecular flexibility index (Phi) is 4.71. The Bertz CT molecular complexity index is 763. The molecule has 1 aliphatic heterocycles. The van der Waals surface area contributed by atoms with Gasteiger partial charge in [0.15, 0.2) is 11.5 Å². The van der Waals surface area contributed by atoms with Crippen LogP contribution in [0.1, 0.15) is 49.5 Å². The summed E-state index contributed by atoms with van der Waals surface area (Å²) in [7, 11) is 0. The predicted octanol–water partition coefficient (Wildman–Crippen LogP) is 4.86. The van der Waals surface area contributed by atoms with E-state index in [1.807, 2.05) is 24.3 Å². The van der Waals surface area contributed by atoms with Gasteiger partial charge in [-0.15, -0.1) is 0 Å². The highest BCUT2D eigenvalue weighted by Gasteiger charge is 2.25. The van der Waals surface area contributed by atoms with E-state index in [4.69, 9.17) is 9.47 Å². The van der Waals surface area contributed by atoms with Crippen molar-refractivity contribution in [2.45, 2.75) is 33.6 Å². The average Bonchev–Trinajstić information content (AvgIpc) is 2.73. The molecule has 0 fully saturated rings. The number of carbonyl (C=O) groups is 1. The summed E-state index contributed by atoms with van der Waals surface area (Å²) in [6.45, 7) is 9.62. The first kappa shape index (κ1) is 17.3. The number of hydrogen-bond acceptors (Lipinski definition) is 3. The number of nitrogens with one attached hydrogen (secondary N) is 1. The molecule has 0 saturated carbocycles. The van der Waals surface area contributed by atoms with Crippen molar-refractivity contribution in [2.24, 2.45) is 5.41 Å². The summed E-state index contributed by atoms with van der Waals surface area (Å²) < 4.78 is 11.6. The Morgan fingerprint density at radius 1 is 1.00 bits per heavy atom. The van der Waals surface area contributed by atoms with Crippen LogP contribution >= 0.6 is 0 Å². The molecular weight excluding hydrogens is 314 g/mol. The van der Waals surface area contributed by atoms with Gasteiger partial charge in [0.1, 0.15) is 0 Å². The van der Waals surface area contributed by atoms with Gasteiger partial charge in [-0.25, -0.2) is 0 Å². The third-order valence-electron chi connectivity index (χ3n) is 4.28. The van der Waals surface area contributed by atoms with Crippen LogP contribution in [-0.2, 0) is 0 Å². The van der Waals surface area contributed by atoms with Crippen LogP contribution < -0.4 is 14.8 Å². The van der Waals surface area contributed by atoms with Gasteiger partial charge in [-0.1, -0.05) is 39.8 Å². The Morgan fingerprint density at radius 3 is 2.28 bits per heavy atom. The summed E-state index contributed by atoms with van der Waals surface area (Å²) in [5.74, 6) is 1.61. The Labute approximate surface area is 149 Å². The van der Waals surface area contributed by atoms with Crippen molar-refractivity contribution in [3.05, 3.63) is 53.6 Å². The lowest BCUT2D eigenvalue weighted by atomic mass is 9.97. The number of anilines is 1. The van der Waals surface area contributed by atoms with Crippen LogP contribution in [0, 0.1) is 5.41 Å².